The van der Waals surface area contributed by atoms with Crippen LogP contribution < -0.4 is 10.1 Å². The van der Waals surface area contributed by atoms with E-state index in [0.717, 1.165) is 43.0 Å². The number of carbonyl (C=O) groups is 1. The third-order valence-corrected chi connectivity index (χ3v) is 4.81. The van der Waals surface area contributed by atoms with Gasteiger partial charge in [-0.05, 0) is 24.3 Å². The molecular weight excluding hydrogens is 394 g/mol. The quantitative estimate of drug-likeness (QED) is 0.791. The van der Waals surface area contributed by atoms with Crippen molar-refractivity contribution >= 4 is 38.3 Å². The number of benzene rings is 1. The molecule has 128 valence electrons. The van der Waals surface area contributed by atoms with E-state index in [1.165, 1.54) is 11.3 Å². The van der Waals surface area contributed by atoms with Crippen molar-refractivity contribution in [1.82, 2.24) is 9.88 Å². The molecule has 2 aromatic rings. The van der Waals surface area contributed by atoms with Gasteiger partial charge in [0.05, 0.1) is 18.9 Å². The number of hydrogen-bond acceptors (Lipinski definition) is 6. The number of nitrogens with zero attached hydrogens (tertiary/aromatic N) is 2. The van der Waals surface area contributed by atoms with Crippen molar-refractivity contribution < 1.29 is 14.3 Å². The lowest BCUT2D eigenvalue weighted by atomic mass is 10.3. The molecule has 3 rings (SSSR count). The lowest BCUT2D eigenvalue weighted by Gasteiger charge is -2.25. The first-order chi connectivity index (χ1) is 11.7. The minimum absolute atomic E-state index is 0.0417. The van der Waals surface area contributed by atoms with E-state index in [1.807, 2.05) is 17.5 Å². The van der Waals surface area contributed by atoms with Crippen LogP contribution in [0.4, 0.5) is 5.13 Å². The Hall–Kier alpha value is -1.48. The van der Waals surface area contributed by atoms with Crippen LogP contribution in [0.2, 0.25) is 0 Å². The molecule has 0 atom stereocenters. The summed E-state index contributed by atoms with van der Waals surface area (Å²) in [6.07, 6.45) is 0. The van der Waals surface area contributed by atoms with E-state index in [4.69, 9.17) is 9.47 Å². The van der Waals surface area contributed by atoms with Gasteiger partial charge < -0.3 is 9.47 Å². The number of nitrogens with one attached hydrogen (secondary N) is 1. The van der Waals surface area contributed by atoms with E-state index in [1.54, 1.807) is 12.1 Å². The van der Waals surface area contributed by atoms with E-state index >= 15 is 0 Å². The molecule has 0 bridgehead atoms. The molecule has 1 aromatic heterocycles. The number of anilines is 1. The normalized spacial score (nSPS) is 15.2. The maximum atomic E-state index is 11.9. The zero-order chi connectivity index (χ0) is 16.8. The Bertz CT molecular complexity index is 671. The zero-order valence-electron chi connectivity index (χ0n) is 13.0. The van der Waals surface area contributed by atoms with Gasteiger partial charge in [0.2, 0.25) is 0 Å². The lowest BCUT2D eigenvalue weighted by molar-refractivity contribution is -0.118. The van der Waals surface area contributed by atoms with Crippen LogP contribution in [0.25, 0.3) is 0 Å². The number of morpholine rings is 1. The van der Waals surface area contributed by atoms with Crippen molar-refractivity contribution in [3.8, 4) is 5.75 Å². The van der Waals surface area contributed by atoms with Crippen molar-refractivity contribution in [3.63, 3.8) is 0 Å². The van der Waals surface area contributed by atoms with Crippen molar-refractivity contribution in [1.29, 1.82) is 0 Å². The van der Waals surface area contributed by atoms with Crippen molar-refractivity contribution in [2.75, 3.05) is 38.2 Å². The molecule has 1 aliphatic heterocycles. The predicted octanol–water partition coefficient (Wildman–Crippen LogP) is 2.76. The summed E-state index contributed by atoms with van der Waals surface area (Å²) in [5, 5.41) is 5.34. The standard InChI is InChI=1S/C16H18BrN3O3S/c17-12-1-3-14(4-2-12)23-10-15(21)19-16-18-13(11-24-16)9-20-5-7-22-8-6-20/h1-4,11H,5-10H2,(H,18,19,21). The van der Waals surface area contributed by atoms with Crippen LogP contribution in [0.1, 0.15) is 5.69 Å². The zero-order valence-corrected chi connectivity index (χ0v) is 15.4. The highest BCUT2D eigenvalue weighted by Crippen LogP contribution is 2.18. The summed E-state index contributed by atoms with van der Waals surface area (Å²) in [6.45, 7) is 4.11. The van der Waals surface area contributed by atoms with Gasteiger partial charge in [-0.15, -0.1) is 11.3 Å². The number of ether oxygens (including phenoxy) is 2. The monoisotopic (exact) mass is 411 g/mol. The molecular formula is C16H18BrN3O3S. The van der Waals surface area contributed by atoms with Crippen LogP contribution in [0.15, 0.2) is 34.1 Å². The van der Waals surface area contributed by atoms with Gasteiger partial charge in [-0.25, -0.2) is 4.98 Å². The Balaban J connectivity index is 1.45. The molecule has 1 N–H and O–H groups in total. The Morgan fingerprint density at radius 3 is 2.83 bits per heavy atom. The molecule has 0 unspecified atom stereocenters. The average Bonchev–Trinajstić information content (AvgIpc) is 3.02. The molecule has 2 heterocycles. The minimum atomic E-state index is -0.217. The number of hydrogen-bond donors (Lipinski definition) is 1. The second kappa shape index (κ2) is 8.57. The highest BCUT2D eigenvalue weighted by Gasteiger charge is 2.13. The van der Waals surface area contributed by atoms with E-state index in [0.29, 0.717) is 10.9 Å². The molecule has 1 aromatic carbocycles. The highest BCUT2D eigenvalue weighted by molar-refractivity contribution is 9.10. The number of carbonyl (C=O) groups excluding carboxylic acids is 1. The third-order valence-electron chi connectivity index (χ3n) is 3.47. The van der Waals surface area contributed by atoms with Crippen LogP contribution in [-0.2, 0) is 16.1 Å². The van der Waals surface area contributed by atoms with E-state index in [2.05, 4.69) is 31.1 Å². The molecule has 1 aliphatic rings. The first-order valence-corrected chi connectivity index (χ1v) is 9.29. The van der Waals surface area contributed by atoms with Crippen molar-refractivity contribution in [2.45, 2.75) is 6.54 Å². The number of amides is 1. The first kappa shape index (κ1) is 17.3. The molecule has 1 amide bonds. The number of thiazole rings is 1. The molecule has 6 nitrogen and oxygen atoms in total. The van der Waals surface area contributed by atoms with Crippen LogP contribution in [0.5, 0.6) is 5.75 Å². The average molecular weight is 412 g/mol. The smallest absolute Gasteiger partial charge is 0.264 e. The summed E-state index contributed by atoms with van der Waals surface area (Å²) >= 11 is 4.78. The van der Waals surface area contributed by atoms with Gasteiger partial charge >= 0.3 is 0 Å². The van der Waals surface area contributed by atoms with Gasteiger partial charge in [0.25, 0.3) is 5.91 Å². The molecule has 1 saturated heterocycles. The van der Waals surface area contributed by atoms with Crippen LogP contribution in [-0.4, -0.2) is 48.7 Å². The summed E-state index contributed by atoms with van der Waals surface area (Å²) in [7, 11) is 0. The number of aromatic nitrogens is 1. The Kier molecular flexibility index (Phi) is 6.19. The van der Waals surface area contributed by atoms with Crippen molar-refractivity contribution in [3.05, 3.63) is 39.8 Å². The molecule has 8 heteroatoms. The molecule has 0 spiro atoms. The lowest BCUT2D eigenvalue weighted by Crippen LogP contribution is -2.35. The second-order valence-corrected chi connectivity index (χ2v) is 7.10. The summed E-state index contributed by atoms with van der Waals surface area (Å²) in [5.41, 5.74) is 0.964. The largest absolute Gasteiger partial charge is 0.484 e. The van der Waals surface area contributed by atoms with Gasteiger partial charge in [0, 0.05) is 29.5 Å². The van der Waals surface area contributed by atoms with Gasteiger partial charge in [-0.3, -0.25) is 15.0 Å². The summed E-state index contributed by atoms with van der Waals surface area (Å²) in [5.74, 6) is 0.436. The van der Waals surface area contributed by atoms with Gasteiger partial charge in [0.15, 0.2) is 11.7 Å². The molecule has 24 heavy (non-hydrogen) atoms. The Labute approximate surface area is 152 Å². The fraction of sp³-hybridized carbons (Fsp3) is 0.375. The fourth-order valence-electron chi connectivity index (χ4n) is 2.26. The third kappa shape index (κ3) is 5.27. The maximum absolute atomic E-state index is 11.9. The van der Waals surface area contributed by atoms with Crippen molar-refractivity contribution in [2.24, 2.45) is 0 Å². The van der Waals surface area contributed by atoms with Crippen LogP contribution >= 0.6 is 27.3 Å². The molecule has 0 radical (unpaired) electrons. The van der Waals surface area contributed by atoms with Gasteiger partial charge in [0.1, 0.15) is 5.75 Å². The van der Waals surface area contributed by atoms with E-state index < -0.39 is 0 Å². The maximum Gasteiger partial charge on any atom is 0.264 e. The van der Waals surface area contributed by atoms with Gasteiger partial charge in [-0.2, -0.15) is 0 Å². The molecule has 1 fully saturated rings. The first-order valence-electron chi connectivity index (χ1n) is 7.62. The van der Waals surface area contributed by atoms with Crippen LogP contribution in [0.3, 0.4) is 0 Å². The van der Waals surface area contributed by atoms with E-state index in [-0.39, 0.29) is 12.5 Å². The number of halogens is 1. The highest BCUT2D eigenvalue weighted by atomic mass is 79.9. The van der Waals surface area contributed by atoms with E-state index in [9.17, 15) is 4.79 Å². The summed E-state index contributed by atoms with van der Waals surface area (Å²) < 4.78 is 11.7. The fourth-order valence-corrected chi connectivity index (χ4v) is 3.24. The minimum Gasteiger partial charge on any atom is -0.484 e. The van der Waals surface area contributed by atoms with Gasteiger partial charge in [-0.1, -0.05) is 15.9 Å². The summed E-state index contributed by atoms with van der Waals surface area (Å²) in [4.78, 5) is 18.7. The predicted molar refractivity (Wildman–Crippen MR) is 96.5 cm³/mol. The summed E-state index contributed by atoms with van der Waals surface area (Å²) in [6, 6.07) is 7.35. The topological polar surface area (TPSA) is 63.7 Å². The second-order valence-electron chi connectivity index (χ2n) is 5.32. The molecule has 0 aliphatic carbocycles. The van der Waals surface area contributed by atoms with Crippen LogP contribution in [0, 0.1) is 0 Å². The SMILES string of the molecule is O=C(COc1ccc(Br)cc1)Nc1nc(CN2CCOCC2)cs1. The number of rotatable bonds is 6. The Morgan fingerprint density at radius 2 is 2.08 bits per heavy atom. The molecule has 0 saturated carbocycles. The Morgan fingerprint density at radius 1 is 1.33 bits per heavy atom.